The minimum absolute atomic E-state index is 0.0305. The lowest BCUT2D eigenvalue weighted by atomic mass is 9.85. The Balaban J connectivity index is 1.21. The van der Waals surface area contributed by atoms with E-state index in [1.165, 1.54) is 15.9 Å². The second-order valence-electron chi connectivity index (χ2n) is 19.5. The zero-order valence-corrected chi connectivity index (χ0v) is 37.4. The van der Waals surface area contributed by atoms with Gasteiger partial charge in [0.2, 0.25) is 21.8 Å². The van der Waals surface area contributed by atoms with Crippen molar-refractivity contribution in [1.29, 1.82) is 0 Å². The van der Waals surface area contributed by atoms with E-state index < -0.39 is 79.1 Å². The highest BCUT2D eigenvalue weighted by atomic mass is 32.2. The summed E-state index contributed by atoms with van der Waals surface area (Å²) in [6, 6.07) is 14.2. The molecule has 2 aromatic carbocycles. The van der Waals surface area contributed by atoms with Crippen molar-refractivity contribution in [1.82, 2.24) is 30.1 Å². The summed E-state index contributed by atoms with van der Waals surface area (Å²) in [5, 5.41) is 6.53. The summed E-state index contributed by atoms with van der Waals surface area (Å²) in [5.74, 6) is -1.06. The van der Waals surface area contributed by atoms with Crippen molar-refractivity contribution >= 4 is 44.7 Å². The molecule has 1 aliphatic heterocycles. The lowest BCUT2D eigenvalue weighted by Gasteiger charge is -2.38. The van der Waals surface area contributed by atoms with Gasteiger partial charge in [0.25, 0.3) is 5.91 Å². The maximum absolute atomic E-state index is 14.9. The lowest BCUT2D eigenvalue weighted by Crippen LogP contribution is -2.62. The second-order valence-corrected chi connectivity index (χ2v) is 21.6. The number of hydrogen-bond donors (Lipinski definition) is 3. The number of methoxy groups -OCH3 is 1. The van der Waals surface area contributed by atoms with Crippen LogP contribution in [-0.2, 0) is 24.4 Å². The molecule has 328 valence electrons. The van der Waals surface area contributed by atoms with Crippen molar-refractivity contribution in [2.24, 2.45) is 17.3 Å². The molecule has 3 aliphatic carbocycles. The third kappa shape index (κ3) is 8.94. The van der Waals surface area contributed by atoms with Crippen LogP contribution in [-0.4, -0.2) is 102 Å². The predicted octanol–water partition coefficient (Wildman–Crippen LogP) is 5.95. The number of fused-ring (bicyclic) bond motifs is 1. The molecule has 15 heteroatoms. The van der Waals surface area contributed by atoms with Crippen LogP contribution in [0, 0.1) is 17.3 Å². The number of rotatable bonds is 14. The molecule has 61 heavy (non-hydrogen) atoms. The molecule has 3 saturated carbocycles. The van der Waals surface area contributed by atoms with Gasteiger partial charge in [-0.2, -0.15) is 0 Å². The normalized spacial score (nSPS) is 23.7. The highest BCUT2D eigenvalue weighted by Gasteiger charge is 2.64. The zero-order chi connectivity index (χ0) is 44.3. The van der Waals surface area contributed by atoms with E-state index in [2.05, 4.69) is 21.9 Å². The summed E-state index contributed by atoms with van der Waals surface area (Å²) in [4.78, 5) is 65.2. The Morgan fingerprint density at radius 1 is 1.03 bits per heavy atom. The maximum atomic E-state index is 14.9. The number of nitrogens with zero attached hydrogens (tertiary/aromatic N) is 3. The van der Waals surface area contributed by atoms with Gasteiger partial charge in [0.15, 0.2) is 0 Å². The van der Waals surface area contributed by atoms with E-state index in [0.717, 1.165) is 18.4 Å². The highest BCUT2D eigenvalue weighted by Crippen LogP contribution is 2.53. The van der Waals surface area contributed by atoms with Crippen molar-refractivity contribution in [2.45, 2.75) is 121 Å². The number of hydrogen-bond acceptors (Lipinski definition) is 9. The molecule has 5 amide bonds. The minimum Gasteiger partial charge on any atom is -0.497 e. The Bertz CT molecular complexity index is 2330. The number of carbonyl (C=O) groups is 4. The van der Waals surface area contributed by atoms with E-state index in [9.17, 15) is 27.6 Å². The van der Waals surface area contributed by atoms with Gasteiger partial charge in [0.05, 0.1) is 29.6 Å². The fourth-order valence-corrected chi connectivity index (χ4v) is 10.0. The van der Waals surface area contributed by atoms with Gasteiger partial charge >= 0.3 is 6.03 Å². The molecule has 0 bridgehead atoms. The van der Waals surface area contributed by atoms with Gasteiger partial charge in [0, 0.05) is 48.0 Å². The summed E-state index contributed by atoms with van der Waals surface area (Å²) >= 11 is 0. The number of pyridine rings is 1. The van der Waals surface area contributed by atoms with Crippen LogP contribution in [0.1, 0.15) is 86.5 Å². The number of urea groups is 1. The minimum atomic E-state index is -4.03. The number of aromatic nitrogens is 1. The fraction of sp³-hybridized carbons (Fsp3) is 0.543. The molecule has 1 unspecified atom stereocenters. The third-order valence-corrected chi connectivity index (χ3v) is 15.1. The van der Waals surface area contributed by atoms with Crippen LogP contribution >= 0.6 is 0 Å². The summed E-state index contributed by atoms with van der Waals surface area (Å²) in [6.45, 7) is 15.0. The Hall–Kier alpha value is -5.18. The number of carbonyl (C=O) groups excluding carboxylic acids is 4. The predicted molar refractivity (Wildman–Crippen MR) is 233 cm³/mol. The standard InChI is InChI=1S/C46H60N6O8S/c1-10-30-26-46(30,41(55)50-61(57,58)45(20-21-45)25-28-16-17-28)49-39(53)36-23-32(27-52(36)40(54)38(43(2,3)4)48-42(56)51(8)44(5,6)7)60-37-24-34(29-14-12-11-13-15-29)47-35-22-31(59-9)18-19-33(35)37/h10-15,18-19,22,24,28,30,32,36,38H,1,16-17,20-21,23,25-27H2,2-9H3,(H,48,56)(H,49,53)(H,50,55)/t30-,32-,36?,38-,46-/m1/s1. The van der Waals surface area contributed by atoms with Gasteiger partial charge in [-0.05, 0) is 69.9 Å². The number of amides is 5. The molecular weight excluding hydrogens is 797 g/mol. The van der Waals surface area contributed by atoms with Crippen LogP contribution in [0.5, 0.6) is 11.5 Å². The quantitative estimate of drug-likeness (QED) is 0.166. The van der Waals surface area contributed by atoms with Gasteiger partial charge in [-0.25, -0.2) is 18.2 Å². The van der Waals surface area contributed by atoms with Gasteiger partial charge in [-0.3, -0.25) is 19.1 Å². The smallest absolute Gasteiger partial charge is 0.318 e. The Labute approximate surface area is 359 Å². The molecule has 0 radical (unpaired) electrons. The van der Waals surface area contributed by atoms with Crippen molar-refractivity contribution in [3.8, 4) is 22.8 Å². The lowest BCUT2D eigenvalue weighted by molar-refractivity contribution is -0.142. The molecule has 14 nitrogen and oxygen atoms in total. The van der Waals surface area contributed by atoms with Gasteiger partial charge < -0.3 is 29.9 Å². The van der Waals surface area contributed by atoms with Gasteiger partial charge in [-0.1, -0.05) is 70.0 Å². The number of likely N-dealkylation sites (tertiary alicyclic amines) is 1. The molecule has 7 rings (SSSR count). The SMILES string of the molecule is C=C[C@@H]1C[C@]1(NC(=O)C1C[C@@H](Oc2cc(-c3ccccc3)nc3cc(OC)ccc23)CN1C(=O)[C@@H](NC(=O)N(C)C(C)(C)C)C(C)(C)C)C(=O)NS(=O)(=O)C1(CC2CC2)CC1. The summed E-state index contributed by atoms with van der Waals surface area (Å²) in [5.41, 5.74) is -0.804. The van der Waals surface area contributed by atoms with Crippen LogP contribution in [0.15, 0.2) is 67.3 Å². The molecule has 2 heterocycles. The van der Waals surface area contributed by atoms with Crippen LogP contribution in [0.3, 0.4) is 0 Å². The number of ether oxygens (including phenoxy) is 2. The molecular formula is C46H60N6O8S. The van der Waals surface area contributed by atoms with Gasteiger partial charge in [0.1, 0.15) is 35.2 Å². The molecule has 1 saturated heterocycles. The maximum Gasteiger partial charge on any atom is 0.318 e. The molecule has 3 aromatic rings. The van der Waals surface area contributed by atoms with Crippen molar-refractivity contribution in [3.63, 3.8) is 0 Å². The van der Waals surface area contributed by atoms with Crippen molar-refractivity contribution in [2.75, 3.05) is 20.7 Å². The molecule has 4 aliphatic rings. The average molecular weight is 857 g/mol. The van der Waals surface area contributed by atoms with Crippen LogP contribution in [0.2, 0.25) is 0 Å². The fourth-order valence-electron chi connectivity index (χ4n) is 8.28. The average Bonchev–Trinajstić information content (AvgIpc) is 4.16. The van der Waals surface area contributed by atoms with Gasteiger partial charge in [-0.15, -0.1) is 6.58 Å². The van der Waals surface area contributed by atoms with Crippen LogP contribution in [0.4, 0.5) is 4.79 Å². The highest BCUT2D eigenvalue weighted by molar-refractivity contribution is 7.91. The Morgan fingerprint density at radius 3 is 2.30 bits per heavy atom. The summed E-state index contributed by atoms with van der Waals surface area (Å²) in [6.07, 6.45) is 4.46. The van der Waals surface area contributed by atoms with Crippen molar-refractivity contribution in [3.05, 3.63) is 67.3 Å². The monoisotopic (exact) mass is 856 g/mol. The molecule has 3 N–H and O–H groups in total. The number of benzene rings is 2. The third-order valence-electron chi connectivity index (χ3n) is 12.9. The Morgan fingerprint density at radius 2 is 1.72 bits per heavy atom. The zero-order valence-electron chi connectivity index (χ0n) is 36.5. The number of nitrogens with one attached hydrogen (secondary N) is 3. The first-order valence-corrected chi connectivity index (χ1v) is 22.7. The van der Waals surface area contributed by atoms with Crippen molar-refractivity contribution < 1.29 is 37.1 Å². The summed E-state index contributed by atoms with van der Waals surface area (Å²) < 4.78 is 41.0. The first-order valence-electron chi connectivity index (χ1n) is 21.2. The molecule has 4 fully saturated rings. The first-order chi connectivity index (χ1) is 28.6. The first kappa shape index (κ1) is 43.9. The van der Waals surface area contributed by atoms with E-state index in [0.29, 0.717) is 53.3 Å². The summed E-state index contributed by atoms with van der Waals surface area (Å²) in [7, 11) is -0.799. The van der Waals surface area contributed by atoms with Crippen LogP contribution < -0.4 is 24.8 Å². The van der Waals surface area contributed by atoms with Crippen LogP contribution in [0.25, 0.3) is 22.2 Å². The topological polar surface area (TPSA) is 176 Å². The number of sulfonamides is 1. The van der Waals surface area contributed by atoms with E-state index in [1.54, 1.807) is 20.2 Å². The molecule has 5 atom stereocenters. The Kier molecular flexibility index (Phi) is 11.5. The molecule has 1 aromatic heterocycles. The van der Waals surface area contributed by atoms with E-state index in [4.69, 9.17) is 14.5 Å². The molecule has 0 spiro atoms. The van der Waals surface area contributed by atoms with E-state index >= 15 is 0 Å². The largest absolute Gasteiger partial charge is 0.497 e. The second kappa shape index (κ2) is 15.9. The van der Waals surface area contributed by atoms with E-state index in [-0.39, 0.29) is 19.4 Å². The van der Waals surface area contributed by atoms with E-state index in [1.807, 2.05) is 90.1 Å².